The van der Waals surface area contributed by atoms with E-state index in [1.807, 2.05) is 30.3 Å². The molecule has 8 nitrogen and oxygen atoms in total. The summed E-state index contributed by atoms with van der Waals surface area (Å²) in [7, 11) is 0. The molecule has 0 saturated heterocycles. The smallest absolute Gasteiger partial charge is 0.338 e. The van der Waals surface area contributed by atoms with Crippen LogP contribution in [0.5, 0.6) is 0 Å². The maximum Gasteiger partial charge on any atom is 0.338 e. The van der Waals surface area contributed by atoms with Crippen molar-refractivity contribution in [2.45, 2.75) is 19.9 Å². The second-order valence-corrected chi connectivity index (χ2v) is 9.27. The van der Waals surface area contributed by atoms with Gasteiger partial charge < -0.3 is 14.3 Å². The summed E-state index contributed by atoms with van der Waals surface area (Å²) in [5.74, 6) is -0.812. The van der Waals surface area contributed by atoms with E-state index in [1.54, 1.807) is 50.3 Å². The molecule has 1 unspecified atom stereocenters. The first-order chi connectivity index (χ1) is 17.9. The van der Waals surface area contributed by atoms with Crippen LogP contribution in [0.1, 0.15) is 41.6 Å². The third-order valence-electron chi connectivity index (χ3n) is 5.96. The maximum absolute atomic E-state index is 13.6. The van der Waals surface area contributed by atoms with Crippen LogP contribution in [0, 0.1) is 0 Å². The Kier molecular flexibility index (Phi) is 6.45. The number of carbonyl (C=O) groups excluding carboxylic acids is 1. The van der Waals surface area contributed by atoms with Crippen LogP contribution in [0.2, 0.25) is 0 Å². The van der Waals surface area contributed by atoms with Gasteiger partial charge in [0, 0.05) is 11.6 Å². The quantitative estimate of drug-likeness (QED) is 0.392. The van der Waals surface area contributed by atoms with Gasteiger partial charge in [-0.25, -0.2) is 14.6 Å². The van der Waals surface area contributed by atoms with Crippen LogP contribution in [-0.4, -0.2) is 28.2 Å². The van der Waals surface area contributed by atoms with Gasteiger partial charge in [-0.15, -0.1) is 0 Å². The van der Waals surface area contributed by atoms with Gasteiger partial charge >= 0.3 is 11.9 Å². The number of allylic oxidation sites excluding steroid dienone is 1. The average Bonchev–Trinajstić information content (AvgIpc) is 3.48. The van der Waals surface area contributed by atoms with E-state index < -0.39 is 18.0 Å². The molecule has 1 atom stereocenters. The molecule has 1 N–H and O–H groups in total. The van der Waals surface area contributed by atoms with Crippen LogP contribution in [0.25, 0.3) is 17.4 Å². The van der Waals surface area contributed by atoms with Crippen molar-refractivity contribution in [1.29, 1.82) is 0 Å². The van der Waals surface area contributed by atoms with Crippen LogP contribution in [0.3, 0.4) is 0 Å². The zero-order valence-corrected chi connectivity index (χ0v) is 20.8. The Morgan fingerprint density at radius 3 is 2.57 bits per heavy atom. The fourth-order valence-electron chi connectivity index (χ4n) is 4.33. The van der Waals surface area contributed by atoms with E-state index in [0.29, 0.717) is 37.7 Å². The Morgan fingerprint density at radius 2 is 1.84 bits per heavy atom. The molecule has 3 heterocycles. The van der Waals surface area contributed by atoms with Crippen molar-refractivity contribution in [2.24, 2.45) is 4.99 Å². The number of carbonyl (C=O) groups is 2. The van der Waals surface area contributed by atoms with Crippen molar-refractivity contribution >= 4 is 29.4 Å². The molecular weight excluding hydrogens is 492 g/mol. The highest BCUT2D eigenvalue weighted by atomic mass is 32.1. The summed E-state index contributed by atoms with van der Waals surface area (Å²) in [5.41, 5.74) is 1.81. The first-order valence-corrected chi connectivity index (χ1v) is 12.4. The van der Waals surface area contributed by atoms with Crippen molar-refractivity contribution in [3.63, 3.8) is 0 Å². The monoisotopic (exact) mass is 514 g/mol. The third-order valence-corrected chi connectivity index (χ3v) is 6.94. The number of furan rings is 1. The lowest BCUT2D eigenvalue weighted by molar-refractivity contribution is -0.139. The molecule has 5 rings (SSSR count). The molecule has 0 aliphatic carbocycles. The SMILES string of the molecule is CCOC(=O)C1=C(C)N=c2s/c(=C\c3ccc(-c4ccccc4C(=O)O)o3)c(=O)n2C1c1ccccc1. The summed E-state index contributed by atoms with van der Waals surface area (Å²) in [6, 6.07) is 18.5. The van der Waals surface area contributed by atoms with Gasteiger partial charge in [0.2, 0.25) is 0 Å². The Bertz CT molecular complexity index is 1730. The summed E-state index contributed by atoms with van der Waals surface area (Å²) in [6.07, 6.45) is 1.60. The lowest BCUT2D eigenvalue weighted by Gasteiger charge is -2.24. The van der Waals surface area contributed by atoms with Gasteiger partial charge in [-0.1, -0.05) is 59.9 Å². The Labute approximate surface area is 215 Å². The molecule has 0 spiro atoms. The van der Waals surface area contributed by atoms with Gasteiger partial charge in [-0.3, -0.25) is 9.36 Å². The molecule has 0 radical (unpaired) electrons. The molecule has 186 valence electrons. The topological polar surface area (TPSA) is 111 Å². The number of benzene rings is 2. The normalized spacial score (nSPS) is 15.3. The molecule has 2 aromatic carbocycles. The number of hydrogen-bond donors (Lipinski definition) is 1. The number of aromatic nitrogens is 1. The van der Waals surface area contributed by atoms with Gasteiger partial charge in [0.25, 0.3) is 5.56 Å². The molecule has 1 aliphatic heterocycles. The van der Waals surface area contributed by atoms with E-state index in [0.717, 1.165) is 5.56 Å². The molecule has 4 aromatic rings. The minimum atomic E-state index is -1.06. The number of fused-ring (bicyclic) bond motifs is 1. The van der Waals surface area contributed by atoms with Crippen LogP contribution >= 0.6 is 11.3 Å². The fourth-order valence-corrected chi connectivity index (χ4v) is 5.36. The summed E-state index contributed by atoms with van der Waals surface area (Å²) in [6.45, 7) is 3.67. The lowest BCUT2D eigenvalue weighted by Crippen LogP contribution is -2.39. The number of rotatable bonds is 6. The van der Waals surface area contributed by atoms with Crippen LogP contribution in [0.4, 0.5) is 0 Å². The van der Waals surface area contributed by atoms with Crippen molar-refractivity contribution in [3.05, 3.63) is 115 Å². The minimum Gasteiger partial charge on any atom is -0.478 e. The van der Waals surface area contributed by atoms with Gasteiger partial charge in [0.05, 0.1) is 34.0 Å². The highest BCUT2D eigenvalue weighted by molar-refractivity contribution is 7.07. The number of ether oxygens (including phenoxy) is 1. The average molecular weight is 515 g/mol. The second-order valence-electron chi connectivity index (χ2n) is 8.27. The number of aromatic carboxylic acids is 1. The van der Waals surface area contributed by atoms with E-state index in [9.17, 15) is 19.5 Å². The third kappa shape index (κ3) is 4.45. The predicted octanol–water partition coefficient (Wildman–Crippen LogP) is 3.76. The number of hydrogen-bond acceptors (Lipinski definition) is 7. The molecular formula is C28H22N2O6S. The maximum atomic E-state index is 13.6. The first kappa shape index (κ1) is 24.2. The Morgan fingerprint density at radius 1 is 1.11 bits per heavy atom. The lowest BCUT2D eigenvalue weighted by atomic mass is 9.96. The molecule has 0 fully saturated rings. The van der Waals surface area contributed by atoms with E-state index >= 15 is 0 Å². The summed E-state index contributed by atoms with van der Waals surface area (Å²) in [5, 5.41) is 9.49. The van der Waals surface area contributed by atoms with Gasteiger partial charge in [-0.2, -0.15) is 0 Å². The Hall–Kier alpha value is -4.50. The van der Waals surface area contributed by atoms with Crippen molar-refractivity contribution in [2.75, 3.05) is 6.61 Å². The Balaban J connectivity index is 1.63. The molecule has 37 heavy (non-hydrogen) atoms. The largest absolute Gasteiger partial charge is 0.478 e. The zero-order chi connectivity index (χ0) is 26.1. The molecule has 1 aliphatic rings. The molecule has 0 bridgehead atoms. The number of carboxylic acid groups (broad SMARTS) is 1. The van der Waals surface area contributed by atoms with Crippen LogP contribution in [0.15, 0.2) is 92.2 Å². The number of nitrogens with zero attached hydrogens (tertiary/aromatic N) is 2. The predicted molar refractivity (Wildman–Crippen MR) is 138 cm³/mol. The minimum absolute atomic E-state index is 0.118. The van der Waals surface area contributed by atoms with Gasteiger partial charge in [0.1, 0.15) is 11.5 Å². The molecule has 9 heteroatoms. The van der Waals surface area contributed by atoms with Crippen molar-refractivity contribution in [1.82, 2.24) is 4.57 Å². The number of esters is 1. The second kappa shape index (κ2) is 9.87. The molecule has 0 saturated carbocycles. The highest BCUT2D eigenvalue weighted by Gasteiger charge is 2.33. The number of thiazole rings is 1. The summed E-state index contributed by atoms with van der Waals surface area (Å²) in [4.78, 5) is 43.2. The van der Waals surface area contributed by atoms with Crippen molar-refractivity contribution < 1.29 is 23.8 Å². The van der Waals surface area contributed by atoms with Gasteiger partial charge in [0.15, 0.2) is 4.80 Å². The van der Waals surface area contributed by atoms with Crippen LogP contribution < -0.4 is 14.9 Å². The molecule has 2 aromatic heterocycles. The zero-order valence-electron chi connectivity index (χ0n) is 20.0. The molecule has 0 amide bonds. The first-order valence-electron chi connectivity index (χ1n) is 11.6. The van der Waals surface area contributed by atoms with E-state index in [1.165, 1.54) is 22.0 Å². The standard InChI is InChI=1S/C28H22N2O6S/c1-3-35-27(34)23-16(2)29-28-30(24(23)17-9-5-4-6-10-17)25(31)22(37-28)15-18-13-14-21(36-18)19-11-7-8-12-20(19)26(32)33/h4-15,24H,3H2,1-2H3,(H,32,33)/b22-15-. The summed E-state index contributed by atoms with van der Waals surface area (Å²) >= 11 is 1.19. The highest BCUT2D eigenvalue weighted by Crippen LogP contribution is 2.30. The van der Waals surface area contributed by atoms with Crippen LogP contribution in [-0.2, 0) is 9.53 Å². The summed E-state index contributed by atoms with van der Waals surface area (Å²) < 4.78 is 13.1. The van der Waals surface area contributed by atoms with E-state index in [-0.39, 0.29) is 17.7 Å². The number of carboxylic acids is 1. The van der Waals surface area contributed by atoms with E-state index in [2.05, 4.69) is 4.99 Å². The van der Waals surface area contributed by atoms with Crippen molar-refractivity contribution in [3.8, 4) is 11.3 Å². The van der Waals surface area contributed by atoms with Gasteiger partial charge in [-0.05, 0) is 37.6 Å². The fraction of sp³-hybridized carbons (Fsp3) is 0.143. The van der Waals surface area contributed by atoms with E-state index in [4.69, 9.17) is 9.15 Å².